The maximum Gasteiger partial charge on any atom is 0.00720 e. The fourth-order valence-corrected chi connectivity index (χ4v) is 2.40. The third kappa shape index (κ3) is 4.80. The molecule has 0 unspecified atom stereocenters. The summed E-state index contributed by atoms with van der Waals surface area (Å²) < 4.78 is 0. The SMILES string of the molecule is [CH](CC=Cc1ccccc1)CSc1ccccc1. The van der Waals surface area contributed by atoms with Gasteiger partial charge in [-0.2, -0.15) is 0 Å². The summed E-state index contributed by atoms with van der Waals surface area (Å²) in [6.45, 7) is 0. The summed E-state index contributed by atoms with van der Waals surface area (Å²) >= 11 is 1.88. The second-order valence-electron chi connectivity index (χ2n) is 3.96. The van der Waals surface area contributed by atoms with E-state index in [0.29, 0.717) is 0 Å². The van der Waals surface area contributed by atoms with Crippen LogP contribution in [0.1, 0.15) is 12.0 Å². The van der Waals surface area contributed by atoms with E-state index in [0.717, 1.165) is 12.2 Å². The number of benzene rings is 2. The van der Waals surface area contributed by atoms with Crippen LogP contribution in [0.4, 0.5) is 0 Å². The lowest BCUT2D eigenvalue weighted by molar-refractivity contribution is 1.23. The molecule has 0 saturated carbocycles. The molecule has 0 spiro atoms. The van der Waals surface area contributed by atoms with E-state index in [-0.39, 0.29) is 0 Å². The third-order valence-corrected chi connectivity index (χ3v) is 3.53. The molecule has 91 valence electrons. The van der Waals surface area contributed by atoms with Crippen LogP contribution in [0.25, 0.3) is 6.08 Å². The van der Waals surface area contributed by atoms with Gasteiger partial charge in [0, 0.05) is 10.6 Å². The first-order valence-electron chi connectivity index (χ1n) is 6.16. The molecular weight excluding hydrogens is 236 g/mol. The van der Waals surface area contributed by atoms with Gasteiger partial charge in [0.2, 0.25) is 0 Å². The zero-order chi connectivity index (χ0) is 12.5. The van der Waals surface area contributed by atoms with Crippen LogP contribution in [0.15, 0.2) is 71.6 Å². The minimum atomic E-state index is 1.02. The van der Waals surface area contributed by atoms with Gasteiger partial charge in [-0.1, -0.05) is 60.7 Å². The van der Waals surface area contributed by atoms with Crippen LogP contribution >= 0.6 is 11.8 Å². The Morgan fingerprint density at radius 2 is 1.50 bits per heavy atom. The number of unbranched alkanes of at least 4 members (excludes halogenated alkanes) is 1. The standard InChI is InChI=1S/C17H17S/c1-4-10-16(11-5-1)12-6-3-9-15-18-17-13-7-2-8-14-17/h1-2,4-14H,3,15H2. The van der Waals surface area contributed by atoms with Gasteiger partial charge in [0.25, 0.3) is 0 Å². The summed E-state index contributed by atoms with van der Waals surface area (Å²) in [5, 5.41) is 0. The molecular formula is C17H17S. The molecule has 0 aliphatic carbocycles. The topological polar surface area (TPSA) is 0 Å². The Balaban J connectivity index is 1.63. The van der Waals surface area contributed by atoms with E-state index in [9.17, 15) is 0 Å². The molecule has 18 heavy (non-hydrogen) atoms. The summed E-state index contributed by atoms with van der Waals surface area (Å²) in [7, 11) is 0. The van der Waals surface area contributed by atoms with Gasteiger partial charge in [-0.3, -0.25) is 0 Å². The van der Waals surface area contributed by atoms with Crippen molar-refractivity contribution in [3.05, 3.63) is 78.7 Å². The fourth-order valence-electron chi connectivity index (χ4n) is 1.60. The van der Waals surface area contributed by atoms with Crippen molar-refractivity contribution in [2.45, 2.75) is 11.3 Å². The van der Waals surface area contributed by atoms with Crippen LogP contribution < -0.4 is 0 Å². The zero-order valence-corrected chi connectivity index (χ0v) is 11.1. The van der Waals surface area contributed by atoms with Crippen molar-refractivity contribution in [2.75, 3.05) is 5.75 Å². The van der Waals surface area contributed by atoms with E-state index < -0.39 is 0 Å². The first kappa shape index (κ1) is 13.0. The maximum atomic E-state index is 2.30. The normalized spacial score (nSPS) is 10.9. The number of hydrogen-bond acceptors (Lipinski definition) is 1. The minimum absolute atomic E-state index is 1.02. The molecule has 0 aliphatic rings. The number of hydrogen-bond donors (Lipinski definition) is 0. The zero-order valence-electron chi connectivity index (χ0n) is 10.3. The van der Waals surface area contributed by atoms with Crippen molar-refractivity contribution in [1.82, 2.24) is 0 Å². The van der Waals surface area contributed by atoms with Gasteiger partial charge in [-0.05, 0) is 30.5 Å². The molecule has 0 aromatic heterocycles. The monoisotopic (exact) mass is 253 g/mol. The minimum Gasteiger partial charge on any atom is -0.126 e. The lowest BCUT2D eigenvalue weighted by Crippen LogP contribution is -1.79. The van der Waals surface area contributed by atoms with Crippen LogP contribution in [0, 0.1) is 6.42 Å². The maximum absolute atomic E-state index is 2.30. The Morgan fingerprint density at radius 3 is 2.22 bits per heavy atom. The largest absolute Gasteiger partial charge is 0.126 e. The van der Waals surface area contributed by atoms with Gasteiger partial charge in [-0.15, -0.1) is 11.8 Å². The molecule has 2 aromatic rings. The first-order chi connectivity index (χ1) is 8.95. The third-order valence-electron chi connectivity index (χ3n) is 2.52. The predicted octanol–water partition coefficient (Wildman–Crippen LogP) is 5.09. The Morgan fingerprint density at radius 1 is 0.833 bits per heavy atom. The summed E-state index contributed by atoms with van der Waals surface area (Å²) in [5.74, 6) is 1.06. The Kier molecular flexibility index (Phi) is 5.61. The van der Waals surface area contributed by atoms with E-state index >= 15 is 0 Å². The van der Waals surface area contributed by atoms with Crippen molar-refractivity contribution in [1.29, 1.82) is 0 Å². The van der Waals surface area contributed by atoms with Gasteiger partial charge in [0.15, 0.2) is 0 Å². The molecule has 0 bridgehead atoms. The van der Waals surface area contributed by atoms with Crippen LogP contribution in [-0.4, -0.2) is 5.75 Å². The smallest absolute Gasteiger partial charge is 0.00720 e. The van der Waals surface area contributed by atoms with Gasteiger partial charge in [0.1, 0.15) is 0 Å². The molecule has 0 saturated heterocycles. The first-order valence-corrected chi connectivity index (χ1v) is 7.15. The number of allylic oxidation sites excluding steroid dienone is 1. The second kappa shape index (κ2) is 7.78. The molecule has 0 N–H and O–H groups in total. The highest BCUT2D eigenvalue weighted by molar-refractivity contribution is 7.99. The molecule has 0 heterocycles. The van der Waals surface area contributed by atoms with Crippen LogP contribution in [0.2, 0.25) is 0 Å². The summed E-state index contributed by atoms with van der Waals surface area (Å²) in [4.78, 5) is 1.33. The molecule has 0 amide bonds. The molecule has 0 aliphatic heterocycles. The highest BCUT2D eigenvalue weighted by atomic mass is 32.2. The predicted molar refractivity (Wildman–Crippen MR) is 81.6 cm³/mol. The van der Waals surface area contributed by atoms with Gasteiger partial charge < -0.3 is 0 Å². The molecule has 2 aromatic carbocycles. The molecule has 0 atom stereocenters. The van der Waals surface area contributed by atoms with Gasteiger partial charge in [0.05, 0.1) is 0 Å². The van der Waals surface area contributed by atoms with Crippen molar-refractivity contribution in [2.24, 2.45) is 0 Å². The van der Waals surface area contributed by atoms with E-state index in [1.165, 1.54) is 10.5 Å². The van der Waals surface area contributed by atoms with Crippen molar-refractivity contribution < 1.29 is 0 Å². The second-order valence-corrected chi connectivity index (χ2v) is 5.05. The number of rotatable bonds is 6. The summed E-state index contributed by atoms with van der Waals surface area (Å²) in [6.07, 6.45) is 7.70. The van der Waals surface area contributed by atoms with Crippen molar-refractivity contribution >= 4 is 17.8 Å². The highest BCUT2D eigenvalue weighted by Crippen LogP contribution is 2.18. The number of thioether (sulfide) groups is 1. The van der Waals surface area contributed by atoms with Crippen molar-refractivity contribution in [3.63, 3.8) is 0 Å². The van der Waals surface area contributed by atoms with E-state index in [1.54, 1.807) is 0 Å². The summed E-state index contributed by atoms with van der Waals surface area (Å²) in [5.41, 5.74) is 1.27. The van der Waals surface area contributed by atoms with Crippen LogP contribution in [-0.2, 0) is 0 Å². The quantitative estimate of drug-likeness (QED) is 0.510. The Labute approximate surface area is 114 Å². The van der Waals surface area contributed by atoms with Crippen molar-refractivity contribution in [3.8, 4) is 0 Å². The molecule has 0 nitrogen and oxygen atoms in total. The highest BCUT2D eigenvalue weighted by Gasteiger charge is 1.91. The van der Waals surface area contributed by atoms with E-state index in [2.05, 4.69) is 73.2 Å². The van der Waals surface area contributed by atoms with Crippen LogP contribution in [0.5, 0.6) is 0 Å². The average molecular weight is 253 g/mol. The lowest BCUT2D eigenvalue weighted by atomic mass is 10.2. The van der Waals surface area contributed by atoms with Gasteiger partial charge >= 0.3 is 0 Å². The molecule has 0 fully saturated rings. The van der Waals surface area contributed by atoms with E-state index in [1.807, 2.05) is 17.8 Å². The summed E-state index contributed by atoms with van der Waals surface area (Å²) in [6, 6.07) is 20.9. The molecule has 1 heteroatoms. The fraction of sp³-hybridized carbons (Fsp3) is 0.118. The Bertz CT molecular complexity index is 459. The lowest BCUT2D eigenvalue weighted by Gasteiger charge is -1.99. The molecule has 2 rings (SSSR count). The van der Waals surface area contributed by atoms with E-state index in [4.69, 9.17) is 0 Å². The average Bonchev–Trinajstić information content (AvgIpc) is 2.45. The molecule has 1 radical (unpaired) electrons. The van der Waals surface area contributed by atoms with Crippen LogP contribution in [0.3, 0.4) is 0 Å². The Hall–Kier alpha value is -1.47. The van der Waals surface area contributed by atoms with Gasteiger partial charge in [-0.25, -0.2) is 0 Å².